The number of rotatable bonds is 6. The molecule has 0 saturated carbocycles. The first-order valence-corrected chi connectivity index (χ1v) is 11.5. The summed E-state index contributed by atoms with van der Waals surface area (Å²) in [7, 11) is 1.59. The van der Waals surface area contributed by atoms with Crippen LogP contribution in [0.1, 0.15) is 49.5 Å². The lowest BCUT2D eigenvalue weighted by Gasteiger charge is -2.48. The number of hydrogen-bond donors (Lipinski definition) is 0. The van der Waals surface area contributed by atoms with Crippen molar-refractivity contribution in [1.82, 2.24) is 4.90 Å². The largest absolute Gasteiger partial charge is 0.493 e. The SMILES string of the molecule is CCOC1Cc2ccccc2OC12CCN(C(=O)c1ccc(OC(C)C)c(OC)c1)CC2. The van der Waals surface area contributed by atoms with Crippen LogP contribution in [0.25, 0.3) is 0 Å². The van der Waals surface area contributed by atoms with E-state index in [1.54, 1.807) is 13.2 Å². The van der Waals surface area contributed by atoms with Crippen molar-refractivity contribution < 1.29 is 23.7 Å². The van der Waals surface area contributed by atoms with Gasteiger partial charge in [0, 0.05) is 44.5 Å². The lowest BCUT2D eigenvalue weighted by molar-refractivity contribution is -0.123. The van der Waals surface area contributed by atoms with Gasteiger partial charge in [-0.05, 0) is 50.6 Å². The Morgan fingerprint density at radius 1 is 1.16 bits per heavy atom. The Kier molecular flexibility index (Phi) is 6.60. The number of carbonyl (C=O) groups is 1. The van der Waals surface area contributed by atoms with Crippen LogP contribution in [0.2, 0.25) is 0 Å². The van der Waals surface area contributed by atoms with Crippen LogP contribution in [0.4, 0.5) is 0 Å². The van der Waals surface area contributed by atoms with Gasteiger partial charge in [-0.1, -0.05) is 18.2 Å². The van der Waals surface area contributed by atoms with E-state index in [9.17, 15) is 4.79 Å². The second-order valence-corrected chi connectivity index (χ2v) is 8.75. The van der Waals surface area contributed by atoms with Crippen molar-refractivity contribution >= 4 is 5.91 Å². The fourth-order valence-corrected chi connectivity index (χ4v) is 4.70. The molecule has 2 aliphatic heterocycles. The summed E-state index contributed by atoms with van der Waals surface area (Å²) in [4.78, 5) is 15.1. The Morgan fingerprint density at radius 3 is 2.59 bits per heavy atom. The van der Waals surface area contributed by atoms with Gasteiger partial charge in [0.15, 0.2) is 11.5 Å². The third-order valence-corrected chi connectivity index (χ3v) is 6.32. The Labute approximate surface area is 190 Å². The van der Waals surface area contributed by atoms with Gasteiger partial charge in [0.1, 0.15) is 17.5 Å². The quantitative estimate of drug-likeness (QED) is 0.663. The van der Waals surface area contributed by atoms with Gasteiger partial charge in [0.25, 0.3) is 5.91 Å². The number of methoxy groups -OCH3 is 1. The summed E-state index contributed by atoms with van der Waals surface area (Å²) in [6.45, 7) is 7.83. The highest BCUT2D eigenvalue weighted by atomic mass is 16.6. The van der Waals surface area contributed by atoms with Crippen molar-refractivity contribution in [2.24, 2.45) is 0 Å². The normalized spacial score (nSPS) is 19.4. The zero-order valence-electron chi connectivity index (χ0n) is 19.4. The molecule has 0 aromatic heterocycles. The van der Waals surface area contributed by atoms with Gasteiger partial charge in [0.05, 0.1) is 13.2 Å². The minimum absolute atomic E-state index is 0.00147. The summed E-state index contributed by atoms with van der Waals surface area (Å²) in [5.41, 5.74) is 1.39. The van der Waals surface area contributed by atoms with Crippen LogP contribution in [-0.4, -0.2) is 55.4 Å². The highest BCUT2D eigenvalue weighted by molar-refractivity contribution is 5.95. The maximum absolute atomic E-state index is 13.2. The number of nitrogens with zero attached hydrogens (tertiary/aromatic N) is 1. The van der Waals surface area contributed by atoms with E-state index < -0.39 is 5.60 Å². The van der Waals surface area contributed by atoms with Gasteiger partial charge in [-0.25, -0.2) is 0 Å². The zero-order chi connectivity index (χ0) is 22.7. The second-order valence-electron chi connectivity index (χ2n) is 8.75. The number of hydrogen-bond acceptors (Lipinski definition) is 5. The average Bonchev–Trinajstić information content (AvgIpc) is 2.80. The Morgan fingerprint density at radius 2 is 1.91 bits per heavy atom. The van der Waals surface area contributed by atoms with Crippen LogP contribution in [0.5, 0.6) is 17.2 Å². The maximum Gasteiger partial charge on any atom is 0.253 e. The average molecular weight is 440 g/mol. The predicted octanol–water partition coefficient (Wildman–Crippen LogP) is 4.50. The molecule has 2 aromatic rings. The van der Waals surface area contributed by atoms with E-state index in [1.165, 1.54) is 5.56 Å². The smallest absolute Gasteiger partial charge is 0.253 e. The molecular formula is C26H33NO5. The molecule has 6 heteroatoms. The minimum Gasteiger partial charge on any atom is -0.493 e. The molecule has 2 aromatic carbocycles. The number of amides is 1. The van der Waals surface area contributed by atoms with Crippen LogP contribution >= 0.6 is 0 Å². The molecule has 172 valence electrons. The van der Waals surface area contributed by atoms with Crippen molar-refractivity contribution in [3.8, 4) is 17.2 Å². The van der Waals surface area contributed by atoms with Crippen LogP contribution in [0, 0.1) is 0 Å². The van der Waals surface area contributed by atoms with Crippen LogP contribution < -0.4 is 14.2 Å². The molecule has 4 rings (SSSR count). The first-order chi connectivity index (χ1) is 15.5. The molecule has 1 amide bonds. The molecule has 1 saturated heterocycles. The van der Waals surface area contributed by atoms with Crippen molar-refractivity contribution in [3.05, 3.63) is 53.6 Å². The van der Waals surface area contributed by atoms with E-state index in [0.717, 1.165) is 25.0 Å². The van der Waals surface area contributed by atoms with Crippen LogP contribution in [-0.2, 0) is 11.2 Å². The summed E-state index contributed by atoms with van der Waals surface area (Å²) < 4.78 is 23.9. The molecule has 2 aliphatic rings. The first-order valence-electron chi connectivity index (χ1n) is 11.5. The number of carbonyl (C=O) groups excluding carboxylic acids is 1. The maximum atomic E-state index is 13.2. The highest BCUT2D eigenvalue weighted by Gasteiger charge is 2.48. The van der Waals surface area contributed by atoms with Crippen LogP contribution in [0.15, 0.2) is 42.5 Å². The van der Waals surface area contributed by atoms with Crippen molar-refractivity contribution in [2.45, 2.75) is 57.8 Å². The molecule has 1 fully saturated rings. The lowest BCUT2D eigenvalue weighted by Crippen LogP contribution is -2.59. The molecule has 0 aliphatic carbocycles. The van der Waals surface area contributed by atoms with Gasteiger partial charge < -0.3 is 23.8 Å². The standard InChI is InChI=1S/C26H33NO5/c1-5-30-24-17-19-8-6-7-9-21(19)32-26(24)12-14-27(15-13-26)25(28)20-10-11-22(31-18(2)3)23(16-20)29-4/h6-11,16,18,24H,5,12-15,17H2,1-4H3. The molecule has 1 unspecified atom stereocenters. The summed E-state index contributed by atoms with van der Waals surface area (Å²) >= 11 is 0. The molecule has 0 bridgehead atoms. The second kappa shape index (κ2) is 9.41. The number of piperidine rings is 1. The number of fused-ring (bicyclic) bond motifs is 1. The fraction of sp³-hybridized carbons (Fsp3) is 0.500. The summed E-state index contributed by atoms with van der Waals surface area (Å²) in [6.07, 6.45) is 2.34. The number of likely N-dealkylation sites (tertiary alicyclic amines) is 1. The molecule has 32 heavy (non-hydrogen) atoms. The van der Waals surface area contributed by atoms with E-state index in [2.05, 4.69) is 6.07 Å². The van der Waals surface area contributed by atoms with E-state index in [4.69, 9.17) is 18.9 Å². The molecule has 1 spiro atoms. The molecule has 0 N–H and O–H groups in total. The van der Waals surface area contributed by atoms with E-state index in [1.807, 2.05) is 56.0 Å². The van der Waals surface area contributed by atoms with E-state index >= 15 is 0 Å². The number of para-hydroxylation sites is 1. The zero-order valence-corrected chi connectivity index (χ0v) is 19.4. The number of benzene rings is 2. The van der Waals surface area contributed by atoms with Crippen molar-refractivity contribution in [3.63, 3.8) is 0 Å². The molecule has 2 heterocycles. The topological polar surface area (TPSA) is 57.2 Å². The van der Waals surface area contributed by atoms with Crippen LogP contribution in [0.3, 0.4) is 0 Å². The number of ether oxygens (including phenoxy) is 4. The highest BCUT2D eigenvalue weighted by Crippen LogP contribution is 2.41. The third kappa shape index (κ3) is 4.42. The monoisotopic (exact) mass is 439 g/mol. The van der Waals surface area contributed by atoms with Gasteiger partial charge in [-0.2, -0.15) is 0 Å². The van der Waals surface area contributed by atoms with Gasteiger partial charge in [-0.3, -0.25) is 4.79 Å². The first kappa shape index (κ1) is 22.5. The van der Waals surface area contributed by atoms with Crippen molar-refractivity contribution in [2.75, 3.05) is 26.8 Å². The summed E-state index contributed by atoms with van der Waals surface area (Å²) in [5, 5.41) is 0. The summed E-state index contributed by atoms with van der Waals surface area (Å²) in [6, 6.07) is 13.6. The molecule has 1 atom stereocenters. The Balaban J connectivity index is 1.48. The molecule has 0 radical (unpaired) electrons. The summed E-state index contributed by atoms with van der Waals surface area (Å²) in [5.74, 6) is 2.15. The lowest BCUT2D eigenvalue weighted by atomic mass is 9.80. The predicted molar refractivity (Wildman–Crippen MR) is 123 cm³/mol. The Bertz CT molecular complexity index is 949. The van der Waals surface area contributed by atoms with Gasteiger partial charge in [0.2, 0.25) is 0 Å². The van der Waals surface area contributed by atoms with Crippen molar-refractivity contribution in [1.29, 1.82) is 0 Å². The van der Waals surface area contributed by atoms with E-state index in [-0.39, 0.29) is 18.1 Å². The van der Waals surface area contributed by atoms with Gasteiger partial charge in [-0.15, -0.1) is 0 Å². The Hall–Kier alpha value is -2.73. The molecule has 6 nitrogen and oxygen atoms in total. The molecular weight excluding hydrogens is 406 g/mol. The third-order valence-electron chi connectivity index (χ3n) is 6.32. The van der Waals surface area contributed by atoms with Gasteiger partial charge >= 0.3 is 0 Å². The minimum atomic E-state index is -0.395. The fourth-order valence-electron chi connectivity index (χ4n) is 4.70. The van der Waals surface area contributed by atoms with E-state index in [0.29, 0.717) is 36.8 Å².